The van der Waals surface area contributed by atoms with Crippen molar-refractivity contribution < 1.29 is 9.31 Å². The first kappa shape index (κ1) is 55.8. The van der Waals surface area contributed by atoms with E-state index in [9.17, 15) is 5.26 Å². The number of hydrogen-bond donors (Lipinski definition) is 0. The Bertz CT molecular complexity index is 5470. The Morgan fingerprint density at radius 1 is 0.378 bits per heavy atom. The molecular formula is C80H58BBrN6O2. The average Bonchev–Trinajstić information content (AvgIpc) is 1.60. The van der Waals surface area contributed by atoms with E-state index in [0.29, 0.717) is 11.3 Å². The fourth-order valence-corrected chi connectivity index (χ4v) is 13.5. The van der Waals surface area contributed by atoms with E-state index in [4.69, 9.17) is 15.9 Å². The molecule has 12 aromatic carbocycles. The number of fused-ring (bicyclic) bond motifs is 12. The Kier molecular flexibility index (Phi) is 13.9. The molecule has 1 aliphatic rings. The predicted octanol–water partition coefficient (Wildman–Crippen LogP) is 20.6. The highest BCUT2D eigenvalue weighted by molar-refractivity contribution is 9.10. The maximum absolute atomic E-state index is 9.73. The number of nitrogens with zero attached hydrogens (tertiary/aromatic N) is 6. The molecule has 0 N–H and O–H groups in total. The molecule has 0 amide bonds. The summed E-state index contributed by atoms with van der Waals surface area (Å²) < 4.78 is 23.2. The number of aromatic nitrogens is 4. The molecule has 8 nitrogen and oxygen atoms in total. The molecule has 0 saturated carbocycles. The lowest BCUT2D eigenvalue weighted by atomic mass is 9.79. The summed E-state index contributed by atoms with van der Waals surface area (Å²) in [4.78, 5) is 3.27. The van der Waals surface area contributed by atoms with Crippen LogP contribution in [-0.2, 0) is 9.31 Å². The first-order chi connectivity index (χ1) is 44.0. The molecule has 0 aliphatic carbocycles. The summed E-state index contributed by atoms with van der Waals surface area (Å²) in [5, 5.41) is 19.6. The third kappa shape index (κ3) is 9.44. The second kappa shape index (κ2) is 22.5. The number of halogens is 1. The number of hydrogen-bond acceptors (Lipinski definition) is 3. The molecule has 1 fully saturated rings. The molecular weight excluding hydrogens is 1170 g/mol. The van der Waals surface area contributed by atoms with Crippen molar-refractivity contribution in [2.75, 3.05) is 0 Å². The van der Waals surface area contributed by atoms with Crippen LogP contribution in [0.5, 0.6) is 0 Å². The summed E-state index contributed by atoms with van der Waals surface area (Å²) in [6.45, 7) is 15.1. The lowest BCUT2D eigenvalue weighted by Gasteiger charge is -2.32. The molecule has 17 rings (SSSR count). The highest BCUT2D eigenvalue weighted by Crippen LogP contribution is 2.41. The molecule has 16 aromatic rings. The number of nitriles is 1. The molecule has 0 spiro atoms. The highest BCUT2D eigenvalue weighted by Gasteiger charge is 2.51. The zero-order chi connectivity index (χ0) is 61.3. The van der Waals surface area contributed by atoms with Crippen LogP contribution in [0.15, 0.2) is 284 Å². The van der Waals surface area contributed by atoms with Crippen molar-refractivity contribution in [3.63, 3.8) is 0 Å². The second-order valence-corrected chi connectivity index (χ2v) is 24.7. The standard InChI is InChI=1S/C37H23N3.C36H31BN2O2.C7H4BrN/c38-24-26-10-1-2-13-29(26)25-11-9-12-27(22-25)40-36-19-8-5-16-32(36)33-21-20-28(23-37(33)40)39-34-17-6-3-14-30(34)31-15-4-7-18-35(31)39;1-35(2)36(3,4)41-37(40-35)24-12-11-13-25(22-24)39-33-19-10-7-16-29(33)30-21-20-26(23-34(30)39)38-31-17-8-5-14-27(31)28-15-6-9-18-32(28)38;1-9-7-5-3-2-4-6(7)8/h1-23H;5-23H,1-4H3;2-5H. The lowest BCUT2D eigenvalue weighted by molar-refractivity contribution is 0.00578. The van der Waals surface area contributed by atoms with Gasteiger partial charge >= 0.3 is 7.12 Å². The molecule has 0 atom stereocenters. The first-order valence-corrected chi connectivity index (χ1v) is 31.0. The Hall–Kier alpha value is -10.7. The average molecular weight is 1230 g/mol. The summed E-state index contributed by atoms with van der Waals surface area (Å²) in [7, 11) is -0.416. The fraction of sp³-hybridized carbons (Fsp3) is 0.0750. The SMILES string of the molecule is CC1(C)OB(c2cccc(-n3c4ccccc4c4ccc(-n5c6ccccc6c6ccccc65)cc43)c2)OC1(C)C.N#Cc1ccccc1-c1cccc(-n2c3ccccc3c3ccc(-n4c5ccccc5c5ccccc54)cc32)c1.[C-]#[N+]c1ccccc1Br. The molecule has 430 valence electrons. The van der Waals surface area contributed by atoms with E-state index in [2.05, 4.69) is 303 Å². The minimum absolute atomic E-state index is 0.391. The molecule has 10 heteroatoms. The van der Waals surface area contributed by atoms with Gasteiger partial charge in [-0.1, -0.05) is 204 Å². The minimum atomic E-state index is -0.416. The number of para-hydroxylation sites is 7. The molecule has 1 saturated heterocycles. The van der Waals surface area contributed by atoms with Gasteiger partial charge in [-0.3, -0.25) is 0 Å². The van der Waals surface area contributed by atoms with Gasteiger partial charge in [-0.2, -0.15) is 5.26 Å². The number of benzene rings is 12. The van der Waals surface area contributed by atoms with Crippen LogP contribution in [0.4, 0.5) is 5.69 Å². The highest BCUT2D eigenvalue weighted by atomic mass is 79.9. The van der Waals surface area contributed by atoms with E-state index in [-0.39, 0.29) is 0 Å². The Labute approximate surface area is 530 Å². The van der Waals surface area contributed by atoms with Gasteiger partial charge in [0.15, 0.2) is 0 Å². The Morgan fingerprint density at radius 2 is 0.733 bits per heavy atom. The Morgan fingerprint density at radius 3 is 1.16 bits per heavy atom. The maximum atomic E-state index is 9.73. The molecule has 90 heavy (non-hydrogen) atoms. The van der Waals surface area contributed by atoms with Gasteiger partial charge in [0, 0.05) is 70.3 Å². The van der Waals surface area contributed by atoms with Crippen LogP contribution in [0.1, 0.15) is 33.3 Å². The van der Waals surface area contributed by atoms with Crippen LogP contribution in [0.2, 0.25) is 0 Å². The minimum Gasteiger partial charge on any atom is -0.399 e. The summed E-state index contributed by atoms with van der Waals surface area (Å²) in [5.74, 6) is 0. The predicted molar refractivity (Wildman–Crippen MR) is 377 cm³/mol. The van der Waals surface area contributed by atoms with Crippen molar-refractivity contribution in [3.8, 4) is 39.9 Å². The zero-order valence-electron chi connectivity index (χ0n) is 50.0. The molecule has 0 radical (unpaired) electrons. The van der Waals surface area contributed by atoms with E-state index in [0.717, 1.165) is 60.4 Å². The van der Waals surface area contributed by atoms with Crippen molar-refractivity contribution in [1.29, 1.82) is 5.26 Å². The fourth-order valence-electron chi connectivity index (χ4n) is 13.1. The van der Waals surface area contributed by atoms with Crippen LogP contribution < -0.4 is 5.46 Å². The van der Waals surface area contributed by atoms with Gasteiger partial charge in [0.1, 0.15) is 0 Å². The van der Waals surface area contributed by atoms with E-state index in [1.54, 1.807) is 6.07 Å². The third-order valence-corrected chi connectivity index (χ3v) is 18.8. The second-order valence-electron chi connectivity index (χ2n) is 23.8. The van der Waals surface area contributed by atoms with Gasteiger partial charge in [0.2, 0.25) is 5.69 Å². The van der Waals surface area contributed by atoms with Gasteiger partial charge in [-0.05, 0) is 135 Å². The molecule has 0 unspecified atom stereocenters. The monoisotopic (exact) mass is 1220 g/mol. The molecule has 5 heterocycles. The largest absolute Gasteiger partial charge is 0.494 e. The van der Waals surface area contributed by atoms with Crippen molar-refractivity contribution in [2.24, 2.45) is 0 Å². The van der Waals surface area contributed by atoms with Crippen LogP contribution in [0.3, 0.4) is 0 Å². The van der Waals surface area contributed by atoms with Crippen LogP contribution in [0, 0.1) is 17.9 Å². The summed E-state index contributed by atoms with van der Waals surface area (Å²) in [5.41, 5.74) is 17.4. The zero-order valence-corrected chi connectivity index (χ0v) is 51.6. The van der Waals surface area contributed by atoms with Crippen molar-refractivity contribution in [2.45, 2.75) is 38.9 Å². The van der Waals surface area contributed by atoms with E-state index >= 15 is 0 Å². The van der Waals surface area contributed by atoms with Gasteiger partial charge in [0.25, 0.3) is 0 Å². The number of rotatable bonds is 6. The topological polar surface area (TPSA) is 66.3 Å². The van der Waals surface area contributed by atoms with Crippen molar-refractivity contribution in [3.05, 3.63) is 301 Å². The van der Waals surface area contributed by atoms with Gasteiger partial charge < -0.3 is 27.6 Å². The van der Waals surface area contributed by atoms with E-state index in [1.807, 2.05) is 42.5 Å². The van der Waals surface area contributed by atoms with Crippen LogP contribution in [-0.4, -0.2) is 36.6 Å². The van der Waals surface area contributed by atoms with Crippen molar-refractivity contribution >= 4 is 121 Å². The summed E-state index contributed by atoms with van der Waals surface area (Å²) in [6.07, 6.45) is 0. The van der Waals surface area contributed by atoms with Crippen molar-refractivity contribution in [1.82, 2.24) is 18.3 Å². The normalized spacial score (nSPS) is 13.4. The quantitative estimate of drug-likeness (QED) is 0.123. The summed E-state index contributed by atoms with van der Waals surface area (Å²) in [6, 6.07) is 100. The molecule has 4 aromatic heterocycles. The summed E-state index contributed by atoms with van der Waals surface area (Å²) >= 11 is 3.24. The van der Waals surface area contributed by atoms with Gasteiger partial charge in [-0.15, -0.1) is 0 Å². The molecule has 1 aliphatic heterocycles. The first-order valence-electron chi connectivity index (χ1n) is 30.2. The van der Waals surface area contributed by atoms with Crippen LogP contribution in [0.25, 0.3) is 126 Å². The van der Waals surface area contributed by atoms with E-state index < -0.39 is 18.3 Å². The maximum Gasteiger partial charge on any atom is 0.494 e. The Balaban J connectivity index is 0.000000132. The lowest BCUT2D eigenvalue weighted by Crippen LogP contribution is -2.41. The van der Waals surface area contributed by atoms with E-state index in [1.165, 1.54) is 70.7 Å². The van der Waals surface area contributed by atoms with Crippen LogP contribution >= 0.6 is 15.9 Å². The van der Waals surface area contributed by atoms with Gasteiger partial charge in [0.05, 0.1) is 73.5 Å². The third-order valence-electron chi connectivity index (χ3n) is 18.1. The molecule has 0 bridgehead atoms. The smallest absolute Gasteiger partial charge is 0.399 e. The van der Waals surface area contributed by atoms with Gasteiger partial charge in [-0.25, -0.2) is 4.85 Å².